The van der Waals surface area contributed by atoms with E-state index in [9.17, 15) is 22.7 Å². The summed E-state index contributed by atoms with van der Waals surface area (Å²) in [4.78, 5) is 21.4. The van der Waals surface area contributed by atoms with Crippen LogP contribution >= 0.6 is 0 Å². The summed E-state index contributed by atoms with van der Waals surface area (Å²) in [6, 6.07) is 0.495. The molecule has 10 nitrogen and oxygen atoms in total. The van der Waals surface area contributed by atoms with Crippen LogP contribution in [-0.2, 0) is 10.2 Å². The molecule has 170 valence electrons. The van der Waals surface area contributed by atoms with Gasteiger partial charge >= 0.3 is 0 Å². The average molecular weight is 455 g/mol. The molecule has 1 aliphatic heterocycles. The zero-order valence-corrected chi connectivity index (χ0v) is 18.3. The Balaban J connectivity index is 1.62. The van der Waals surface area contributed by atoms with Crippen LogP contribution in [-0.4, -0.2) is 64.1 Å². The molecule has 0 unspecified atom stereocenters. The van der Waals surface area contributed by atoms with E-state index in [4.69, 9.17) is 0 Å². The Labute approximate surface area is 179 Å². The second-order valence-electron chi connectivity index (χ2n) is 8.43. The molecule has 2 atom stereocenters. The van der Waals surface area contributed by atoms with E-state index in [2.05, 4.69) is 20.0 Å². The highest BCUT2D eigenvalue weighted by atomic mass is 32.2. The Kier molecular flexibility index (Phi) is 5.75. The van der Waals surface area contributed by atoms with E-state index in [1.165, 1.54) is 22.1 Å². The van der Waals surface area contributed by atoms with Crippen LogP contribution in [0.2, 0.25) is 0 Å². The van der Waals surface area contributed by atoms with Gasteiger partial charge in [0.25, 0.3) is 15.8 Å². The minimum Gasteiger partial charge on any atom is -0.388 e. The number of pyridine rings is 1. The van der Waals surface area contributed by atoms with Gasteiger partial charge in [0.2, 0.25) is 5.95 Å². The van der Waals surface area contributed by atoms with Crippen molar-refractivity contribution in [2.75, 3.05) is 25.5 Å². The number of anilines is 1. The molecule has 0 radical (unpaired) electrons. The van der Waals surface area contributed by atoms with Gasteiger partial charge in [-0.1, -0.05) is 0 Å². The van der Waals surface area contributed by atoms with Gasteiger partial charge in [-0.15, -0.1) is 0 Å². The molecule has 31 heavy (non-hydrogen) atoms. The topological polar surface area (TPSA) is 129 Å². The van der Waals surface area contributed by atoms with Crippen molar-refractivity contribution in [3.8, 4) is 0 Å². The number of aromatic nitrogens is 3. The van der Waals surface area contributed by atoms with Gasteiger partial charge in [-0.25, -0.2) is 14.1 Å². The zero-order chi connectivity index (χ0) is 22.4. The first-order valence-electron chi connectivity index (χ1n) is 10.4. The Morgan fingerprint density at radius 1 is 1.29 bits per heavy atom. The zero-order valence-electron chi connectivity index (χ0n) is 17.5. The molecular weight excluding hydrogens is 427 g/mol. The number of nitrogens with one attached hydrogen (secondary N) is 2. The second kappa shape index (κ2) is 8.08. The fourth-order valence-electron chi connectivity index (χ4n) is 4.54. The van der Waals surface area contributed by atoms with E-state index >= 15 is 0 Å². The molecule has 0 aromatic carbocycles. The number of nitrogens with zero attached hydrogens (tertiary/aromatic N) is 4. The van der Waals surface area contributed by atoms with Crippen LogP contribution in [0.15, 0.2) is 17.1 Å². The van der Waals surface area contributed by atoms with Crippen molar-refractivity contribution in [2.24, 2.45) is 0 Å². The Morgan fingerprint density at radius 2 is 2.00 bits per heavy atom. The van der Waals surface area contributed by atoms with Gasteiger partial charge in [0, 0.05) is 37.8 Å². The smallest absolute Gasteiger partial charge is 0.288 e. The van der Waals surface area contributed by atoms with Gasteiger partial charge in [-0.3, -0.25) is 9.36 Å². The molecule has 2 aliphatic rings. The molecule has 3 N–H and O–H groups in total. The lowest BCUT2D eigenvalue weighted by Crippen LogP contribution is -2.46. The van der Waals surface area contributed by atoms with Crippen molar-refractivity contribution in [1.82, 2.24) is 23.6 Å². The molecular formula is C19H27FN6O4S. The monoisotopic (exact) mass is 454 g/mol. The molecule has 0 amide bonds. The number of rotatable bonds is 5. The van der Waals surface area contributed by atoms with E-state index in [0.29, 0.717) is 44.2 Å². The van der Waals surface area contributed by atoms with Crippen molar-refractivity contribution in [3.05, 3.63) is 28.4 Å². The lowest BCUT2D eigenvalue weighted by atomic mass is 10.00. The largest absolute Gasteiger partial charge is 0.388 e. The second-order valence-corrected chi connectivity index (χ2v) is 10.3. The number of piperidine rings is 1. The third kappa shape index (κ3) is 4.16. The highest BCUT2D eigenvalue weighted by Gasteiger charge is 2.40. The number of fused-ring (bicyclic) bond motifs is 1. The van der Waals surface area contributed by atoms with Crippen molar-refractivity contribution < 1.29 is 17.9 Å². The van der Waals surface area contributed by atoms with E-state index in [1.54, 1.807) is 6.92 Å². The minimum atomic E-state index is -3.45. The molecule has 1 saturated carbocycles. The van der Waals surface area contributed by atoms with Crippen molar-refractivity contribution >= 4 is 27.2 Å². The van der Waals surface area contributed by atoms with Gasteiger partial charge < -0.3 is 10.4 Å². The van der Waals surface area contributed by atoms with Gasteiger partial charge in [0.05, 0.1) is 11.6 Å². The van der Waals surface area contributed by atoms with Gasteiger partial charge in [0.15, 0.2) is 5.82 Å². The fraction of sp³-hybridized carbons (Fsp3) is 0.632. The minimum absolute atomic E-state index is 0.0454. The first-order valence-corrected chi connectivity index (χ1v) is 11.8. The summed E-state index contributed by atoms with van der Waals surface area (Å²) in [6.07, 6.45) is 4.38. The summed E-state index contributed by atoms with van der Waals surface area (Å²) in [5, 5.41) is 14.3. The normalized spacial score (nSPS) is 25.9. The predicted octanol–water partition coefficient (Wildman–Crippen LogP) is 0.747. The van der Waals surface area contributed by atoms with E-state index in [-0.39, 0.29) is 17.6 Å². The summed E-state index contributed by atoms with van der Waals surface area (Å²) < 4.78 is 43.1. The molecule has 2 fully saturated rings. The number of hydrogen-bond acceptors (Lipinski definition) is 7. The van der Waals surface area contributed by atoms with Gasteiger partial charge in [-0.2, -0.15) is 17.7 Å². The summed E-state index contributed by atoms with van der Waals surface area (Å²) in [6.45, 7) is 2.37. The van der Waals surface area contributed by atoms with Crippen LogP contribution in [0.5, 0.6) is 0 Å². The molecule has 12 heteroatoms. The molecule has 3 heterocycles. The maximum Gasteiger partial charge on any atom is 0.288 e. The summed E-state index contributed by atoms with van der Waals surface area (Å²) >= 11 is 0. The first kappa shape index (κ1) is 22.1. The van der Waals surface area contributed by atoms with E-state index in [1.807, 2.05) is 0 Å². The number of hydrogen-bond donors (Lipinski definition) is 3. The fourth-order valence-corrected chi connectivity index (χ4v) is 5.49. The van der Waals surface area contributed by atoms with Crippen LogP contribution in [0.4, 0.5) is 10.3 Å². The Morgan fingerprint density at radius 3 is 2.61 bits per heavy atom. The van der Waals surface area contributed by atoms with Crippen LogP contribution in [0.3, 0.4) is 0 Å². The lowest BCUT2D eigenvalue weighted by Gasteiger charge is -2.31. The number of aliphatic hydroxyl groups is 1. The Bertz CT molecular complexity index is 1140. The third-order valence-electron chi connectivity index (χ3n) is 6.30. The van der Waals surface area contributed by atoms with Gasteiger partial charge in [-0.05, 0) is 45.1 Å². The molecule has 0 bridgehead atoms. The van der Waals surface area contributed by atoms with E-state index < -0.39 is 33.2 Å². The molecule has 2 aromatic heterocycles. The molecule has 1 aliphatic carbocycles. The van der Waals surface area contributed by atoms with Crippen molar-refractivity contribution in [3.63, 3.8) is 0 Å². The molecule has 4 rings (SSSR count). The van der Waals surface area contributed by atoms with Crippen molar-refractivity contribution in [2.45, 2.75) is 56.7 Å². The van der Waals surface area contributed by atoms with E-state index in [0.717, 1.165) is 12.5 Å². The predicted molar refractivity (Wildman–Crippen MR) is 113 cm³/mol. The molecule has 0 spiro atoms. The maximum absolute atomic E-state index is 14.3. The van der Waals surface area contributed by atoms with Crippen LogP contribution in [0, 0.1) is 5.82 Å². The average Bonchev–Trinajstić information content (AvgIpc) is 3.08. The SMILES string of the molecule is CNS(=O)(=O)N1CCC(Nc2ncc3cc(F)c(=O)n([C@@H]4CCC[C@@]4(C)O)c3n2)CC1. The summed E-state index contributed by atoms with van der Waals surface area (Å²) in [5.74, 6) is -0.627. The quantitative estimate of drug-likeness (QED) is 0.608. The van der Waals surface area contributed by atoms with Crippen molar-refractivity contribution in [1.29, 1.82) is 0 Å². The molecule has 1 saturated heterocycles. The van der Waals surface area contributed by atoms with Crippen LogP contribution < -0.4 is 15.6 Å². The highest BCUT2D eigenvalue weighted by molar-refractivity contribution is 7.87. The first-order chi connectivity index (χ1) is 14.6. The highest BCUT2D eigenvalue weighted by Crippen LogP contribution is 2.39. The summed E-state index contributed by atoms with van der Waals surface area (Å²) in [5.41, 5.74) is -1.67. The Hall–Kier alpha value is -2.15. The lowest BCUT2D eigenvalue weighted by molar-refractivity contribution is 0.0263. The molecule has 2 aromatic rings. The maximum atomic E-state index is 14.3. The number of halogens is 1. The van der Waals surface area contributed by atoms with Crippen LogP contribution in [0.1, 0.15) is 45.1 Å². The van der Waals surface area contributed by atoms with Crippen LogP contribution in [0.25, 0.3) is 11.0 Å². The van der Waals surface area contributed by atoms with Gasteiger partial charge in [0.1, 0.15) is 5.65 Å². The standard InChI is InChI=1S/C19H27FN6O4S/c1-19(28)7-3-4-15(19)26-16-12(10-14(20)17(26)27)11-22-18(24-16)23-13-5-8-25(9-6-13)31(29,30)21-2/h10-11,13,15,21,28H,3-9H2,1-2H3,(H,22,23,24)/t15-,19-/m1/s1. The summed E-state index contributed by atoms with van der Waals surface area (Å²) in [7, 11) is -2.07. The third-order valence-corrected chi connectivity index (χ3v) is 7.87.